The molecule has 1 aliphatic heterocycles. The van der Waals surface area contributed by atoms with Crippen molar-refractivity contribution in [3.63, 3.8) is 0 Å². The second-order valence-electron chi connectivity index (χ2n) is 4.32. The summed E-state index contributed by atoms with van der Waals surface area (Å²) >= 11 is 6.10. The van der Waals surface area contributed by atoms with E-state index in [1.54, 1.807) is 6.20 Å². The van der Waals surface area contributed by atoms with Gasteiger partial charge >= 0.3 is 0 Å². The molecule has 2 heterocycles. The Balaban J connectivity index is 2.35. The average Bonchev–Trinajstić information content (AvgIpc) is 2.83. The van der Waals surface area contributed by atoms with Crippen LogP contribution in [0.4, 0.5) is 5.69 Å². The number of aromatic nitrogens is 2. The van der Waals surface area contributed by atoms with Crippen molar-refractivity contribution in [3.05, 3.63) is 21.6 Å². The predicted octanol–water partition coefficient (Wildman–Crippen LogP) is -0.184. The summed E-state index contributed by atoms with van der Waals surface area (Å²) in [4.78, 5) is 14.0. The minimum absolute atomic E-state index is 0.141. The van der Waals surface area contributed by atoms with Crippen LogP contribution < -0.4 is 16.2 Å². The number of anilines is 1. The van der Waals surface area contributed by atoms with E-state index in [4.69, 9.17) is 22.4 Å². The quantitative estimate of drug-likeness (QED) is 0.794. The fraction of sp³-hybridized carbons (Fsp3) is 0.636. The molecule has 1 atom stereocenters. The van der Waals surface area contributed by atoms with Crippen molar-refractivity contribution in [2.75, 3.05) is 24.6 Å². The smallest absolute Gasteiger partial charge is 0.287 e. The van der Waals surface area contributed by atoms with Gasteiger partial charge in [0.05, 0.1) is 25.0 Å². The van der Waals surface area contributed by atoms with E-state index in [1.165, 1.54) is 4.68 Å². The molecule has 0 aromatic carbocycles. The van der Waals surface area contributed by atoms with Crippen molar-refractivity contribution >= 4 is 17.3 Å². The molecule has 1 aliphatic rings. The molecule has 0 spiro atoms. The number of aliphatic hydroxyl groups is 1. The Hall–Kier alpha value is -1.11. The normalized spacial score (nSPS) is 19.5. The molecule has 100 valence electrons. The molecular formula is C11H17ClN4O2. The zero-order valence-electron chi connectivity index (χ0n) is 10.0. The van der Waals surface area contributed by atoms with E-state index in [0.717, 1.165) is 19.4 Å². The third-order valence-electron chi connectivity index (χ3n) is 3.24. The van der Waals surface area contributed by atoms with Gasteiger partial charge in [-0.05, 0) is 12.8 Å². The Morgan fingerprint density at radius 1 is 1.61 bits per heavy atom. The molecule has 0 saturated carbocycles. The second-order valence-corrected chi connectivity index (χ2v) is 4.70. The summed E-state index contributed by atoms with van der Waals surface area (Å²) in [5.74, 6) is 0. The SMILES string of the molecule is NCC1CCCN1c1cnn(CCO)c(=O)c1Cl. The van der Waals surface area contributed by atoms with Gasteiger partial charge in [0.25, 0.3) is 5.56 Å². The fourth-order valence-electron chi connectivity index (χ4n) is 2.31. The first-order valence-corrected chi connectivity index (χ1v) is 6.40. The third-order valence-corrected chi connectivity index (χ3v) is 3.59. The number of aliphatic hydroxyl groups excluding tert-OH is 1. The highest BCUT2D eigenvalue weighted by atomic mass is 35.5. The molecule has 0 radical (unpaired) electrons. The van der Waals surface area contributed by atoms with Crippen LogP contribution in [-0.4, -0.2) is 40.6 Å². The van der Waals surface area contributed by atoms with Gasteiger partial charge < -0.3 is 15.7 Å². The molecule has 0 amide bonds. The highest BCUT2D eigenvalue weighted by Crippen LogP contribution is 2.28. The van der Waals surface area contributed by atoms with Crippen LogP contribution in [0.15, 0.2) is 11.0 Å². The van der Waals surface area contributed by atoms with Crippen molar-refractivity contribution < 1.29 is 5.11 Å². The lowest BCUT2D eigenvalue weighted by Crippen LogP contribution is -2.37. The van der Waals surface area contributed by atoms with Crippen LogP contribution in [0.2, 0.25) is 5.02 Å². The first-order valence-electron chi connectivity index (χ1n) is 6.02. The van der Waals surface area contributed by atoms with Gasteiger partial charge in [0, 0.05) is 19.1 Å². The molecule has 0 bridgehead atoms. The first kappa shape index (κ1) is 13.3. The summed E-state index contributed by atoms with van der Waals surface area (Å²) in [5.41, 5.74) is 5.98. The predicted molar refractivity (Wildman–Crippen MR) is 70.0 cm³/mol. The molecule has 2 rings (SSSR count). The Morgan fingerprint density at radius 3 is 3.06 bits per heavy atom. The Kier molecular flexibility index (Phi) is 4.21. The van der Waals surface area contributed by atoms with Crippen LogP contribution in [0.3, 0.4) is 0 Å². The average molecular weight is 273 g/mol. The lowest BCUT2D eigenvalue weighted by molar-refractivity contribution is 0.266. The fourth-order valence-corrected chi connectivity index (χ4v) is 2.56. The number of hydrogen-bond donors (Lipinski definition) is 2. The van der Waals surface area contributed by atoms with E-state index >= 15 is 0 Å². The Morgan fingerprint density at radius 2 is 2.39 bits per heavy atom. The van der Waals surface area contributed by atoms with E-state index in [2.05, 4.69) is 5.10 Å². The Labute approximate surface area is 110 Å². The maximum absolute atomic E-state index is 11.9. The summed E-state index contributed by atoms with van der Waals surface area (Å²) in [6.07, 6.45) is 3.62. The molecule has 1 aromatic rings. The summed E-state index contributed by atoms with van der Waals surface area (Å²) in [6.45, 7) is 1.39. The van der Waals surface area contributed by atoms with Crippen LogP contribution >= 0.6 is 11.6 Å². The van der Waals surface area contributed by atoms with Gasteiger partial charge in [-0.3, -0.25) is 4.79 Å². The van der Waals surface area contributed by atoms with Crippen molar-refractivity contribution in [1.82, 2.24) is 9.78 Å². The number of rotatable bonds is 4. The van der Waals surface area contributed by atoms with Crippen molar-refractivity contribution in [2.45, 2.75) is 25.4 Å². The molecule has 3 N–H and O–H groups in total. The summed E-state index contributed by atoms with van der Waals surface area (Å²) in [7, 11) is 0. The van der Waals surface area contributed by atoms with Crippen LogP contribution in [0.25, 0.3) is 0 Å². The van der Waals surface area contributed by atoms with Crippen LogP contribution in [0.5, 0.6) is 0 Å². The lowest BCUT2D eigenvalue weighted by Gasteiger charge is -2.26. The first-order chi connectivity index (χ1) is 8.69. The molecule has 1 fully saturated rings. The highest BCUT2D eigenvalue weighted by Gasteiger charge is 2.26. The van der Waals surface area contributed by atoms with Crippen LogP contribution in [-0.2, 0) is 6.54 Å². The number of halogens is 1. The minimum Gasteiger partial charge on any atom is -0.394 e. The van der Waals surface area contributed by atoms with Gasteiger partial charge in [0.15, 0.2) is 0 Å². The summed E-state index contributed by atoms with van der Waals surface area (Å²) < 4.78 is 1.17. The maximum Gasteiger partial charge on any atom is 0.287 e. The monoisotopic (exact) mass is 272 g/mol. The Bertz CT molecular complexity index is 477. The molecule has 18 heavy (non-hydrogen) atoms. The van der Waals surface area contributed by atoms with E-state index in [0.29, 0.717) is 12.2 Å². The van der Waals surface area contributed by atoms with E-state index in [-0.39, 0.29) is 29.8 Å². The van der Waals surface area contributed by atoms with Gasteiger partial charge in [-0.25, -0.2) is 4.68 Å². The third kappa shape index (κ3) is 2.36. The van der Waals surface area contributed by atoms with Crippen molar-refractivity contribution in [1.29, 1.82) is 0 Å². The zero-order chi connectivity index (χ0) is 13.1. The molecule has 0 aliphatic carbocycles. The molecule has 1 unspecified atom stereocenters. The van der Waals surface area contributed by atoms with Crippen molar-refractivity contribution in [2.24, 2.45) is 5.73 Å². The topological polar surface area (TPSA) is 84.4 Å². The molecule has 1 aromatic heterocycles. The molecular weight excluding hydrogens is 256 g/mol. The van der Waals surface area contributed by atoms with Gasteiger partial charge in [-0.15, -0.1) is 0 Å². The number of hydrogen-bond acceptors (Lipinski definition) is 5. The van der Waals surface area contributed by atoms with Crippen LogP contribution in [0.1, 0.15) is 12.8 Å². The van der Waals surface area contributed by atoms with E-state index in [9.17, 15) is 4.79 Å². The zero-order valence-corrected chi connectivity index (χ0v) is 10.8. The summed E-state index contributed by atoms with van der Waals surface area (Å²) in [5, 5.41) is 13.0. The van der Waals surface area contributed by atoms with E-state index < -0.39 is 0 Å². The number of nitrogens with two attached hydrogens (primary N) is 1. The highest BCUT2D eigenvalue weighted by molar-refractivity contribution is 6.33. The minimum atomic E-state index is -0.370. The molecule has 6 nitrogen and oxygen atoms in total. The van der Waals surface area contributed by atoms with Gasteiger partial charge in [-0.1, -0.05) is 11.6 Å². The second kappa shape index (κ2) is 5.69. The lowest BCUT2D eigenvalue weighted by atomic mass is 10.2. The van der Waals surface area contributed by atoms with Gasteiger partial charge in [0.2, 0.25) is 0 Å². The summed E-state index contributed by atoms with van der Waals surface area (Å²) in [6, 6.07) is 0.220. The van der Waals surface area contributed by atoms with Crippen LogP contribution in [0, 0.1) is 0 Å². The standard InChI is InChI=1S/C11H17ClN4O2/c12-10-9(15-3-1-2-8(15)6-13)7-14-16(4-5-17)11(10)18/h7-8,17H,1-6,13H2. The number of nitrogens with zero attached hydrogens (tertiary/aromatic N) is 3. The van der Waals surface area contributed by atoms with Gasteiger partial charge in [-0.2, -0.15) is 5.10 Å². The largest absolute Gasteiger partial charge is 0.394 e. The maximum atomic E-state index is 11.9. The van der Waals surface area contributed by atoms with Gasteiger partial charge in [0.1, 0.15) is 5.02 Å². The molecule has 7 heteroatoms. The molecule has 1 saturated heterocycles. The van der Waals surface area contributed by atoms with E-state index in [1.807, 2.05) is 4.90 Å². The van der Waals surface area contributed by atoms with Crippen molar-refractivity contribution in [3.8, 4) is 0 Å².